The number of piperazine rings is 1. The van der Waals surface area contributed by atoms with Crippen LogP contribution >= 0.6 is 0 Å². The molecule has 2 aliphatic rings. The molecule has 1 saturated heterocycles. The molecule has 2 aromatic carbocycles. The van der Waals surface area contributed by atoms with Crippen molar-refractivity contribution in [2.75, 3.05) is 55.0 Å². The highest BCUT2D eigenvalue weighted by Crippen LogP contribution is 2.31. The number of ether oxygens (including phenoxy) is 1. The van der Waals surface area contributed by atoms with Crippen LogP contribution < -0.4 is 30.5 Å². The lowest BCUT2D eigenvalue weighted by Crippen LogP contribution is -2.47. The molecule has 8 nitrogen and oxygen atoms in total. The average molecular weight is 480 g/mol. The summed E-state index contributed by atoms with van der Waals surface area (Å²) in [6.45, 7) is 5.62. The zero-order valence-corrected chi connectivity index (χ0v) is 20.8. The van der Waals surface area contributed by atoms with Crippen LogP contribution in [-0.2, 0) is 0 Å². The van der Waals surface area contributed by atoms with Crippen molar-refractivity contribution in [3.05, 3.63) is 48.0 Å². The second kappa shape index (κ2) is 11.8. The number of methoxy groups -OCH3 is 1. The maximum atomic E-state index is 13.4. The van der Waals surface area contributed by atoms with Gasteiger partial charge in [-0.1, -0.05) is 31.4 Å². The number of hydrogen-bond acceptors (Lipinski definition) is 5. The number of carbonyl (C=O) groups excluding carboxylic acids is 2. The Morgan fingerprint density at radius 1 is 0.943 bits per heavy atom. The smallest absolute Gasteiger partial charge is 0.319 e. The molecule has 2 aromatic rings. The van der Waals surface area contributed by atoms with Gasteiger partial charge in [0.15, 0.2) is 0 Å². The molecule has 8 heteroatoms. The quantitative estimate of drug-likeness (QED) is 0.554. The Labute approximate surface area is 208 Å². The highest BCUT2D eigenvalue weighted by molar-refractivity contribution is 6.02. The van der Waals surface area contributed by atoms with Crippen LogP contribution in [0.5, 0.6) is 5.75 Å². The Hall–Kier alpha value is -3.42. The van der Waals surface area contributed by atoms with Gasteiger partial charge in [-0.3, -0.25) is 4.79 Å². The molecule has 1 saturated carbocycles. The lowest BCUT2D eigenvalue weighted by molar-refractivity contribution is 0.0928. The van der Waals surface area contributed by atoms with Gasteiger partial charge >= 0.3 is 6.03 Å². The van der Waals surface area contributed by atoms with Crippen molar-refractivity contribution in [2.24, 2.45) is 0 Å². The number of anilines is 3. The van der Waals surface area contributed by atoms with E-state index in [1.807, 2.05) is 37.3 Å². The SMILES string of the molecule is CCNC(=O)Nc1ccc(N2CCN(c3ccccc3OC)CC2)c(C(=O)NC2CCCCC2)c1. The minimum absolute atomic E-state index is 0.0707. The fraction of sp³-hybridized carbons (Fsp3) is 0.481. The summed E-state index contributed by atoms with van der Waals surface area (Å²) < 4.78 is 5.55. The number of carbonyl (C=O) groups is 2. The summed E-state index contributed by atoms with van der Waals surface area (Å²) in [5, 5.41) is 8.83. The van der Waals surface area contributed by atoms with Gasteiger partial charge in [0.2, 0.25) is 0 Å². The summed E-state index contributed by atoms with van der Waals surface area (Å²) in [5.74, 6) is 0.799. The van der Waals surface area contributed by atoms with Crippen molar-refractivity contribution in [1.29, 1.82) is 0 Å². The second-order valence-electron chi connectivity index (χ2n) is 9.17. The zero-order valence-electron chi connectivity index (χ0n) is 20.8. The molecule has 0 aromatic heterocycles. The third-order valence-electron chi connectivity index (χ3n) is 6.82. The number of amides is 3. The second-order valence-corrected chi connectivity index (χ2v) is 9.17. The summed E-state index contributed by atoms with van der Waals surface area (Å²) in [5.41, 5.74) is 3.21. The van der Waals surface area contributed by atoms with Gasteiger partial charge in [0.25, 0.3) is 5.91 Å². The van der Waals surface area contributed by atoms with Crippen LogP contribution in [0.15, 0.2) is 42.5 Å². The molecule has 4 rings (SSSR count). The van der Waals surface area contributed by atoms with Crippen molar-refractivity contribution in [3.63, 3.8) is 0 Å². The lowest BCUT2D eigenvalue weighted by atomic mass is 9.95. The topological polar surface area (TPSA) is 85.9 Å². The van der Waals surface area contributed by atoms with Crippen LogP contribution in [0.4, 0.5) is 21.9 Å². The van der Waals surface area contributed by atoms with E-state index in [2.05, 4.69) is 31.8 Å². The highest BCUT2D eigenvalue weighted by Gasteiger charge is 2.25. The Kier molecular flexibility index (Phi) is 8.34. The van der Waals surface area contributed by atoms with Gasteiger partial charge in [0.1, 0.15) is 5.75 Å². The van der Waals surface area contributed by atoms with E-state index in [-0.39, 0.29) is 18.0 Å². The maximum Gasteiger partial charge on any atom is 0.319 e. The largest absolute Gasteiger partial charge is 0.495 e. The van der Waals surface area contributed by atoms with Crippen LogP contribution in [0.1, 0.15) is 49.4 Å². The van der Waals surface area contributed by atoms with E-state index in [9.17, 15) is 9.59 Å². The van der Waals surface area contributed by atoms with Crippen LogP contribution in [0.25, 0.3) is 0 Å². The van der Waals surface area contributed by atoms with Gasteiger partial charge in [-0.05, 0) is 50.1 Å². The molecule has 3 amide bonds. The summed E-state index contributed by atoms with van der Waals surface area (Å²) in [4.78, 5) is 30.1. The van der Waals surface area contributed by atoms with Crippen molar-refractivity contribution < 1.29 is 14.3 Å². The molecule has 0 unspecified atom stereocenters. The summed E-state index contributed by atoms with van der Waals surface area (Å²) in [6, 6.07) is 13.6. The molecule has 2 fully saturated rings. The van der Waals surface area contributed by atoms with Gasteiger partial charge in [0.05, 0.1) is 18.4 Å². The Morgan fingerprint density at radius 2 is 1.63 bits per heavy atom. The minimum Gasteiger partial charge on any atom is -0.495 e. The number of hydrogen-bond donors (Lipinski definition) is 3. The van der Waals surface area contributed by atoms with Crippen molar-refractivity contribution in [1.82, 2.24) is 10.6 Å². The highest BCUT2D eigenvalue weighted by atomic mass is 16.5. The Bertz CT molecular complexity index is 1010. The first-order valence-corrected chi connectivity index (χ1v) is 12.7. The van der Waals surface area contributed by atoms with E-state index in [1.54, 1.807) is 13.2 Å². The Morgan fingerprint density at radius 3 is 2.31 bits per heavy atom. The van der Waals surface area contributed by atoms with Gasteiger partial charge in [-0.2, -0.15) is 0 Å². The lowest BCUT2D eigenvalue weighted by Gasteiger charge is -2.38. The first-order valence-electron chi connectivity index (χ1n) is 12.7. The molecule has 1 aliphatic carbocycles. The predicted molar refractivity (Wildman–Crippen MR) is 141 cm³/mol. The van der Waals surface area contributed by atoms with E-state index in [0.717, 1.165) is 69.0 Å². The molecule has 0 spiro atoms. The molecular weight excluding hydrogens is 442 g/mol. The van der Waals surface area contributed by atoms with Gasteiger partial charge in [-0.15, -0.1) is 0 Å². The van der Waals surface area contributed by atoms with Crippen LogP contribution in [0, 0.1) is 0 Å². The van der Waals surface area contributed by atoms with Crippen molar-refractivity contribution in [3.8, 4) is 5.75 Å². The summed E-state index contributed by atoms with van der Waals surface area (Å²) in [7, 11) is 1.70. The number of para-hydroxylation sites is 2. The molecule has 0 atom stereocenters. The fourth-order valence-corrected chi connectivity index (χ4v) is 5.00. The monoisotopic (exact) mass is 479 g/mol. The molecule has 3 N–H and O–H groups in total. The number of benzene rings is 2. The molecule has 35 heavy (non-hydrogen) atoms. The molecule has 0 bridgehead atoms. The molecule has 1 heterocycles. The zero-order chi connectivity index (χ0) is 24.6. The van der Waals surface area contributed by atoms with Crippen LogP contribution in [-0.4, -0.2) is 57.8 Å². The molecule has 1 aliphatic heterocycles. The van der Waals surface area contributed by atoms with E-state index < -0.39 is 0 Å². The maximum absolute atomic E-state index is 13.4. The van der Waals surface area contributed by atoms with Gasteiger partial charge in [-0.25, -0.2) is 4.79 Å². The van der Waals surface area contributed by atoms with E-state index in [1.165, 1.54) is 6.42 Å². The van der Waals surface area contributed by atoms with Crippen molar-refractivity contribution in [2.45, 2.75) is 45.1 Å². The standard InChI is InChI=1S/C27H37N5O3/c1-3-28-27(34)30-21-13-14-23(22(19-21)26(33)29-20-9-5-4-6-10-20)31-15-17-32(18-16-31)24-11-7-8-12-25(24)35-2/h7-8,11-14,19-20H,3-6,9-10,15-18H2,1-2H3,(H,29,33)(H2,28,30,34). The molecular formula is C27H37N5O3. The van der Waals surface area contributed by atoms with Crippen LogP contribution in [0.2, 0.25) is 0 Å². The van der Waals surface area contributed by atoms with Crippen molar-refractivity contribution >= 4 is 29.0 Å². The van der Waals surface area contributed by atoms with Gasteiger partial charge in [0, 0.05) is 50.1 Å². The summed E-state index contributed by atoms with van der Waals surface area (Å²) in [6.07, 6.45) is 5.59. The van der Waals surface area contributed by atoms with Gasteiger partial charge < -0.3 is 30.5 Å². The molecule has 188 valence electrons. The fourth-order valence-electron chi connectivity index (χ4n) is 5.00. The van der Waals surface area contributed by atoms with E-state index in [4.69, 9.17) is 4.74 Å². The normalized spacial score (nSPS) is 16.5. The van der Waals surface area contributed by atoms with E-state index >= 15 is 0 Å². The van der Waals surface area contributed by atoms with Crippen LogP contribution in [0.3, 0.4) is 0 Å². The number of urea groups is 1. The Balaban J connectivity index is 1.52. The number of nitrogens with zero attached hydrogens (tertiary/aromatic N) is 2. The van der Waals surface area contributed by atoms with E-state index in [0.29, 0.717) is 17.8 Å². The third-order valence-corrected chi connectivity index (χ3v) is 6.82. The average Bonchev–Trinajstić information content (AvgIpc) is 2.89. The number of nitrogens with one attached hydrogen (secondary N) is 3. The third kappa shape index (κ3) is 6.18. The predicted octanol–water partition coefficient (Wildman–Crippen LogP) is 4.23. The number of rotatable bonds is 7. The first kappa shape index (κ1) is 24.7. The molecule has 0 radical (unpaired) electrons. The first-order chi connectivity index (χ1) is 17.1. The minimum atomic E-state index is -0.274. The summed E-state index contributed by atoms with van der Waals surface area (Å²) >= 11 is 0.